The Kier molecular flexibility index (Phi) is 5.13. The van der Waals surface area contributed by atoms with Crippen molar-refractivity contribution in [3.8, 4) is 5.88 Å². The number of benzene rings is 1. The van der Waals surface area contributed by atoms with Crippen molar-refractivity contribution in [1.82, 2.24) is 15.3 Å². The second kappa shape index (κ2) is 8.11. The van der Waals surface area contributed by atoms with E-state index in [1.807, 2.05) is 36.4 Å². The maximum Gasteiger partial charge on any atom is 0.407 e. The zero-order valence-corrected chi connectivity index (χ0v) is 17.5. The number of fused-ring (bicyclic) bond motifs is 1. The number of aromatic nitrogens is 2. The Bertz CT molecular complexity index is 1150. The van der Waals surface area contributed by atoms with E-state index in [-0.39, 0.29) is 41.7 Å². The normalized spacial score (nSPS) is 23.8. The molecule has 3 aromatic rings. The van der Waals surface area contributed by atoms with Crippen LogP contribution in [0, 0.1) is 5.41 Å². The molecule has 2 fully saturated rings. The standard InChI is InChI=1S/C24H24N4O4/c25-20(29)19-9-16-7-4-8-26-21(16)28-22(19)32-18-12-24(13-18)10-17(11-24)27-23(30)31-14-15-5-2-1-3-6-15/h1-9,17-18H,10-14H2,(H2,25,29)(H,27,30)/t17-,18-,24?. The van der Waals surface area contributed by atoms with E-state index in [1.54, 1.807) is 18.3 Å². The van der Waals surface area contributed by atoms with Crippen LogP contribution in [0.3, 0.4) is 0 Å². The van der Waals surface area contributed by atoms with Crippen molar-refractivity contribution in [2.45, 2.75) is 44.4 Å². The summed E-state index contributed by atoms with van der Waals surface area (Å²) < 4.78 is 11.3. The van der Waals surface area contributed by atoms with E-state index in [0.717, 1.165) is 36.6 Å². The highest BCUT2D eigenvalue weighted by Crippen LogP contribution is 2.56. The molecule has 0 unspecified atom stereocenters. The van der Waals surface area contributed by atoms with E-state index < -0.39 is 5.91 Å². The molecule has 0 aliphatic heterocycles. The molecule has 0 radical (unpaired) electrons. The first-order chi connectivity index (χ1) is 15.5. The molecule has 32 heavy (non-hydrogen) atoms. The lowest BCUT2D eigenvalue weighted by Gasteiger charge is -2.56. The number of hydrogen-bond donors (Lipinski definition) is 2. The van der Waals surface area contributed by atoms with Crippen molar-refractivity contribution in [3.05, 3.63) is 65.9 Å². The van der Waals surface area contributed by atoms with Crippen LogP contribution in [0.5, 0.6) is 5.88 Å². The molecule has 0 atom stereocenters. The topological polar surface area (TPSA) is 116 Å². The molecule has 2 amide bonds. The summed E-state index contributed by atoms with van der Waals surface area (Å²) in [5, 5.41) is 3.68. The molecule has 3 N–H and O–H groups in total. The third-order valence-electron chi connectivity index (χ3n) is 6.31. The molecule has 8 heteroatoms. The van der Waals surface area contributed by atoms with E-state index in [1.165, 1.54) is 0 Å². The van der Waals surface area contributed by atoms with Gasteiger partial charge in [0, 0.05) is 17.6 Å². The maximum atomic E-state index is 12.0. The molecule has 5 rings (SSSR count). The van der Waals surface area contributed by atoms with Crippen molar-refractivity contribution < 1.29 is 19.1 Å². The van der Waals surface area contributed by atoms with Crippen molar-refractivity contribution in [1.29, 1.82) is 0 Å². The molecule has 0 saturated heterocycles. The molecule has 0 bridgehead atoms. The van der Waals surface area contributed by atoms with Crippen molar-refractivity contribution >= 4 is 23.0 Å². The van der Waals surface area contributed by atoms with Gasteiger partial charge in [-0.15, -0.1) is 0 Å². The fourth-order valence-corrected chi connectivity index (χ4v) is 4.76. The number of rotatable bonds is 6. The van der Waals surface area contributed by atoms with Crippen LogP contribution in [-0.4, -0.2) is 34.1 Å². The minimum atomic E-state index is -0.575. The third-order valence-corrected chi connectivity index (χ3v) is 6.31. The number of alkyl carbamates (subject to hydrolysis) is 1. The quantitative estimate of drug-likeness (QED) is 0.617. The molecule has 1 aromatic carbocycles. The fourth-order valence-electron chi connectivity index (χ4n) is 4.76. The molecule has 2 aliphatic carbocycles. The maximum absolute atomic E-state index is 12.0. The van der Waals surface area contributed by atoms with Gasteiger partial charge in [0.1, 0.15) is 18.3 Å². The number of primary amides is 1. The predicted octanol–water partition coefficient (Wildman–Crippen LogP) is 3.35. The molecule has 164 valence electrons. The minimum Gasteiger partial charge on any atom is -0.474 e. The van der Waals surface area contributed by atoms with Crippen LogP contribution >= 0.6 is 0 Å². The Morgan fingerprint density at radius 3 is 2.62 bits per heavy atom. The van der Waals surface area contributed by atoms with Crippen molar-refractivity contribution in [2.24, 2.45) is 11.1 Å². The Morgan fingerprint density at radius 1 is 1.09 bits per heavy atom. The summed E-state index contributed by atoms with van der Waals surface area (Å²) in [5.41, 5.74) is 7.44. The zero-order valence-electron chi connectivity index (χ0n) is 17.5. The van der Waals surface area contributed by atoms with Crippen LogP contribution in [-0.2, 0) is 11.3 Å². The average Bonchev–Trinajstić information content (AvgIpc) is 2.74. The Hall–Kier alpha value is -3.68. The number of amides is 2. The first-order valence-corrected chi connectivity index (χ1v) is 10.7. The van der Waals surface area contributed by atoms with Crippen LogP contribution in [0.4, 0.5) is 4.79 Å². The second-order valence-electron chi connectivity index (χ2n) is 8.71. The summed E-state index contributed by atoms with van der Waals surface area (Å²) in [6.07, 6.45) is 4.71. The van der Waals surface area contributed by atoms with E-state index >= 15 is 0 Å². The number of pyridine rings is 2. The van der Waals surface area contributed by atoms with Crippen molar-refractivity contribution in [2.75, 3.05) is 0 Å². The van der Waals surface area contributed by atoms with Gasteiger partial charge in [-0.1, -0.05) is 30.3 Å². The lowest BCUT2D eigenvalue weighted by molar-refractivity contribution is -0.0856. The fraction of sp³-hybridized carbons (Fsp3) is 0.333. The number of carbonyl (C=O) groups is 2. The molecular weight excluding hydrogens is 408 g/mol. The molecule has 2 heterocycles. The van der Waals surface area contributed by atoms with Gasteiger partial charge in [0.2, 0.25) is 5.88 Å². The van der Waals surface area contributed by atoms with Crippen LogP contribution < -0.4 is 15.8 Å². The molecular formula is C24H24N4O4. The minimum absolute atomic E-state index is 0.0345. The van der Waals surface area contributed by atoms with E-state index in [0.29, 0.717) is 5.65 Å². The summed E-state index contributed by atoms with van der Waals surface area (Å²) in [6, 6.07) is 15.0. The van der Waals surface area contributed by atoms with Crippen LogP contribution in [0.1, 0.15) is 41.6 Å². The van der Waals surface area contributed by atoms with Crippen LogP contribution in [0.2, 0.25) is 0 Å². The molecule has 2 aliphatic rings. The summed E-state index contributed by atoms with van der Waals surface area (Å²) in [7, 11) is 0. The number of nitrogens with zero attached hydrogens (tertiary/aromatic N) is 2. The van der Waals surface area contributed by atoms with Crippen molar-refractivity contribution in [3.63, 3.8) is 0 Å². The monoisotopic (exact) mass is 432 g/mol. The highest BCUT2D eigenvalue weighted by molar-refractivity contribution is 5.98. The Balaban J connectivity index is 1.11. The molecule has 8 nitrogen and oxygen atoms in total. The van der Waals surface area contributed by atoms with Gasteiger partial charge in [0.15, 0.2) is 5.65 Å². The smallest absolute Gasteiger partial charge is 0.407 e. The lowest BCUT2D eigenvalue weighted by Crippen LogP contribution is -2.58. The Labute approximate surface area is 185 Å². The van der Waals surface area contributed by atoms with Gasteiger partial charge >= 0.3 is 6.09 Å². The number of hydrogen-bond acceptors (Lipinski definition) is 6. The lowest BCUT2D eigenvalue weighted by atomic mass is 9.53. The highest BCUT2D eigenvalue weighted by Gasteiger charge is 2.54. The molecule has 2 saturated carbocycles. The molecule has 2 aromatic heterocycles. The first-order valence-electron chi connectivity index (χ1n) is 10.7. The third kappa shape index (κ3) is 4.08. The van der Waals surface area contributed by atoms with Gasteiger partial charge in [0.05, 0.1) is 0 Å². The van der Waals surface area contributed by atoms with Gasteiger partial charge in [-0.25, -0.2) is 9.78 Å². The number of nitrogens with one attached hydrogen (secondary N) is 1. The number of nitrogens with two attached hydrogens (primary N) is 1. The van der Waals surface area contributed by atoms with E-state index in [2.05, 4.69) is 15.3 Å². The summed E-state index contributed by atoms with van der Waals surface area (Å²) in [5.74, 6) is -0.337. The van der Waals surface area contributed by atoms with E-state index in [4.69, 9.17) is 15.2 Å². The van der Waals surface area contributed by atoms with Crippen LogP contribution in [0.15, 0.2) is 54.7 Å². The summed E-state index contributed by atoms with van der Waals surface area (Å²) in [4.78, 5) is 32.5. The van der Waals surface area contributed by atoms with E-state index in [9.17, 15) is 9.59 Å². The van der Waals surface area contributed by atoms with Gasteiger partial charge < -0.3 is 20.5 Å². The summed E-state index contributed by atoms with van der Waals surface area (Å²) in [6.45, 7) is 0.260. The van der Waals surface area contributed by atoms with Crippen LogP contribution in [0.25, 0.3) is 11.0 Å². The van der Waals surface area contributed by atoms with Gasteiger partial charge in [-0.3, -0.25) is 4.79 Å². The van der Waals surface area contributed by atoms with Gasteiger partial charge in [-0.2, -0.15) is 4.98 Å². The first kappa shape index (κ1) is 20.2. The Morgan fingerprint density at radius 2 is 1.88 bits per heavy atom. The summed E-state index contributed by atoms with van der Waals surface area (Å²) >= 11 is 0. The SMILES string of the molecule is NC(=O)c1cc2cccnc2nc1O[C@H]1CC2(C[C@H](NC(=O)OCc3ccccc3)C2)C1. The zero-order chi connectivity index (χ0) is 22.1. The largest absolute Gasteiger partial charge is 0.474 e. The second-order valence-corrected chi connectivity index (χ2v) is 8.71. The molecule has 1 spiro atoms. The number of ether oxygens (including phenoxy) is 2. The predicted molar refractivity (Wildman–Crippen MR) is 117 cm³/mol. The van der Waals surface area contributed by atoms with Gasteiger partial charge in [-0.05, 0) is 54.9 Å². The average molecular weight is 432 g/mol. The number of carbonyl (C=O) groups excluding carboxylic acids is 2. The van der Waals surface area contributed by atoms with Gasteiger partial charge in [0.25, 0.3) is 5.91 Å². The highest BCUT2D eigenvalue weighted by atomic mass is 16.5.